The molecule has 2 aromatic rings. The lowest BCUT2D eigenvalue weighted by atomic mass is 10.3. The minimum atomic E-state index is -0.989. The monoisotopic (exact) mass is 289 g/mol. The van der Waals surface area contributed by atoms with Crippen molar-refractivity contribution in [2.24, 2.45) is 0 Å². The highest BCUT2D eigenvalue weighted by molar-refractivity contribution is 7.11. The van der Waals surface area contributed by atoms with Crippen molar-refractivity contribution in [3.8, 4) is 5.75 Å². The molecule has 0 atom stereocenters. The van der Waals surface area contributed by atoms with Crippen LogP contribution in [0, 0.1) is 0 Å². The predicted molar refractivity (Wildman–Crippen MR) is 78.9 cm³/mol. The number of hydrogen-bond donors (Lipinski definition) is 1. The topological polar surface area (TPSA) is 59.4 Å². The molecule has 2 aromatic heterocycles. The van der Waals surface area contributed by atoms with Crippen LogP contribution in [0.3, 0.4) is 0 Å². The normalized spacial score (nSPS) is 10.8. The molecule has 0 aromatic carbocycles. The maximum absolute atomic E-state index is 10.4. The smallest absolute Gasteiger partial charge is 0.328 e. The zero-order valence-electron chi connectivity index (χ0n) is 11.1. The van der Waals surface area contributed by atoms with Gasteiger partial charge in [-0.1, -0.05) is 6.92 Å². The molecule has 1 N–H and O–H groups in total. The van der Waals surface area contributed by atoms with Gasteiger partial charge in [-0.05, 0) is 36.8 Å². The lowest BCUT2D eigenvalue weighted by Gasteiger charge is -2.04. The quantitative estimate of drug-likeness (QED) is 0.828. The van der Waals surface area contributed by atoms with Crippen LogP contribution in [0.4, 0.5) is 0 Å². The summed E-state index contributed by atoms with van der Waals surface area (Å²) in [7, 11) is 0. The van der Waals surface area contributed by atoms with Crippen LogP contribution in [0.1, 0.15) is 22.4 Å². The number of thiophene rings is 1. The number of hydrogen-bond acceptors (Lipinski definition) is 4. The van der Waals surface area contributed by atoms with Gasteiger partial charge < -0.3 is 9.84 Å². The van der Waals surface area contributed by atoms with E-state index < -0.39 is 5.97 Å². The van der Waals surface area contributed by atoms with Crippen LogP contribution in [-0.4, -0.2) is 16.1 Å². The number of ether oxygens (including phenoxy) is 1. The first kappa shape index (κ1) is 14.3. The van der Waals surface area contributed by atoms with Gasteiger partial charge in [-0.25, -0.2) is 4.79 Å². The first-order chi connectivity index (χ1) is 9.67. The second-order valence-corrected chi connectivity index (χ2v) is 5.35. The van der Waals surface area contributed by atoms with E-state index in [1.54, 1.807) is 29.7 Å². The van der Waals surface area contributed by atoms with Crippen molar-refractivity contribution in [3.05, 3.63) is 52.0 Å². The van der Waals surface area contributed by atoms with E-state index in [0.29, 0.717) is 18.1 Å². The highest BCUT2D eigenvalue weighted by atomic mass is 32.1. The van der Waals surface area contributed by atoms with E-state index in [9.17, 15) is 4.79 Å². The zero-order chi connectivity index (χ0) is 14.4. The maximum atomic E-state index is 10.4. The summed E-state index contributed by atoms with van der Waals surface area (Å²) < 4.78 is 5.64. The number of aryl methyl sites for hydroxylation is 1. The fourth-order valence-electron chi connectivity index (χ4n) is 1.58. The highest BCUT2D eigenvalue weighted by Gasteiger charge is 2.00. The fourth-order valence-corrected chi connectivity index (χ4v) is 2.45. The molecular formula is C15H15NO3S. The molecule has 0 amide bonds. The molecule has 0 saturated heterocycles. The molecule has 0 aliphatic carbocycles. The largest absolute Gasteiger partial charge is 0.486 e. The summed E-state index contributed by atoms with van der Waals surface area (Å²) in [6, 6.07) is 7.69. The molecule has 0 saturated carbocycles. The molecule has 104 valence electrons. The summed E-state index contributed by atoms with van der Waals surface area (Å²) in [4.78, 5) is 17.0. The summed E-state index contributed by atoms with van der Waals surface area (Å²) in [6.07, 6.45) is 5.13. The summed E-state index contributed by atoms with van der Waals surface area (Å²) in [5.74, 6) is -0.319. The molecule has 0 unspecified atom stereocenters. The molecule has 2 rings (SSSR count). The minimum absolute atomic E-state index is 0.524. The number of pyridine rings is 1. The molecular weight excluding hydrogens is 274 g/mol. The summed E-state index contributed by atoms with van der Waals surface area (Å²) in [5.41, 5.74) is 0.587. The Morgan fingerprint density at radius 3 is 2.75 bits per heavy atom. The zero-order valence-corrected chi connectivity index (χ0v) is 11.9. The lowest BCUT2D eigenvalue weighted by Crippen LogP contribution is -1.94. The van der Waals surface area contributed by atoms with Crippen molar-refractivity contribution in [2.75, 3.05) is 0 Å². The Bertz CT molecular complexity index is 602. The first-order valence-corrected chi connectivity index (χ1v) is 7.06. The molecule has 0 fully saturated rings. The molecule has 4 nitrogen and oxygen atoms in total. The Hall–Kier alpha value is -2.14. The maximum Gasteiger partial charge on any atom is 0.328 e. The molecule has 20 heavy (non-hydrogen) atoms. The van der Waals surface area contributed by atoms with E-state index in [0.717, 1.165) is 12.5 Å². The Morgan fingerprint density at radius 1 is 1.35 bits per heavy atom. The first-order valence-electron chi connectivity index (χ1n) is 6.25. The van der Waals surface area contributed by atoms with E-state index in [1.807, 2.05) is 0 Å². The number of carboxylic acid groups (broad SMARTS) is 1. The van der Waals surface area contributed by atoms with Crippen molar-refractivity contribution in [3.63, 3.8) is 0 Å². The van der Waals surface area contributed by atoms with Gasteiger partial charge in [-0.15, -0.1) is 11.3 Å². The summed E-state index contributed by atoms with van der Waals surface area (Å²) in [6.45, 7) is 2.65. The highest BCUT2D eigenvalue weighted by Crippen LogP contribution is 2.19. The van der Waals surface area contributed by atoms with Gasteiger partial charge >= 0.3 is 5.97 Å². The van der Waals surface area contributed by atoms with Gasteiger partial charge in [-0.3, -0.25) is 4.98 Å². The Kier molecular flexibility index (Phi) is 4.90. The van der Waals surface area contributed by atoms with E-state index in [1.165, 1.54) is 15.8 Å². The second kappa shape index (κ2) is 6.86. The van der Waals surface area contributed by atoms with Gasteiger partial charge in [0.2, 0.25) is 0 Å². The Balaban J connectivity index is 1.92. The molecule has 0 aliphatic rings. The van der Waals surface area contributed by atoms with E-state index in [2.05, 4.69) is 24.0 Å². The van der Waals surface area contributed by atoms with Crippen molar-refractivity contribution in [1.29, 1.82) is 0 Å². The van der Waals surface area contributed by atoms with Crippen LogP contribution >= 0.6 is 11.3 Å². The Labute approximate surface area is 121 Å². The van der Waals surface area contributed by atoms with Crippen LogP contribution in [-0.2, 0) is 17.8 Å². The van der Waals surface area contributed by atoms with Gasteiger partial charge in [0, 0.05) is 15.8 Å². The molecule has 0 radical (unpaired) electrons. The van der Waals surface area contributed by atoms with Crippen LogP contribution in [0.5, 0.6) is 5.75 Å². The summed E-state index contributed by atoms with van der Waals surface area (Å²) >= 11 is 1.74. The molecule has 2 heterocycles. The van der Waals surface area contributed by atoms with E-state index in [4.69, 9.17) is 9.84 Å². The molecule has 0 aliphatic heterocycles. The summed E-state index contributed by atoms with van der Waals surface area (Å²) in [5, 5.41) is 8.52. The minimum Gasteiger partial charge on any atom is -0.486 e. The van der Waals surface area contributed by atoms with Gasteiger partial charge in [0.25, 0.3) is 0 Å². The third kappa shape index (κ3) is 4.20. The van der Waals surface area contributed by atoms with Gasteiger partial charge in [0.1, 0.15) is 12.4 Å². The van der Waals surface area contributed by atoms with E-state index in [-0.39, 0.29) is 0 Å². The molecule has 0 bridgehead atoms. The van der Waals surface area contributed by atoms with Crippen molar-refractivity contribution < 1.29 is 14.6 Å². The van der Waals surface area contributed by atoms with Crippen molar-refractivity contribution in [1.82, 2.24) is 4.98 Å². The van der Waals surface area contributed by atoms with Gasteiger partial charge in [-0.2, -0.15) is 0 Å². The van der Waals surface area contributed by atoms with Crippen molar-refractivity contribution >= 4 is 23.4 Å². The second-order valence-electron chi connectivity index (χ2n) is 4.10. The number of aromatic nitrogens is 1. The number of aliphatic carboxylic acids is 1. The van der Waals surface area contributed by atoms with Crippen LogP contribution in [0.15, 0.2) is 36.5 Å². The van der Waals surface area contributed by atoms with Crippen LogP contribution < -0.4 is 4.74 Å². The van der Waals surface area contributed by atoms with E-state index >= 15 is 0 Å². The predicted octanol–water partition coefficient (Wildman–Crippen LogP) is 3.38. The molecule has 0 spiro atoms. The Morgan fingerprint density at radius 2 is 2.15 bits per heavy atom. The standard InChI is InChI=1S/C15H15NO3S/c1-2-13-6-7-14(20-13)10-19-12-5-3-11(16-9-12)4-8-15(17)18/h3-9H,2,10H2,1H3,(H,17,18). The number of carboxylic acids is 1. The average molecular weight is 289 g/mol. The lowest BCUT2D eigenvalue weighted by molar-refractivity contribution is -0.131. The number of nitrogens with zero attached hydrogens (tertiary/aromatic N) is 1. The van der Waals surface area contributed by atoms with Crippen molar-refractivity contribution in [2.45, 2.75) is 20.0 Å². The third-order valence-electron chi connectivity index (χ3n) is 2.60. The molecule has 5 heteroatoms. The number of rotatable bonds is 6. The third-order valence-corrected chi connectivity index (χ3v) is 3.81. The van der Waals surface area contributed by atoms with Crippen LogP contribution in [0.25, 0.3) is 6.08 Å². The average Bonchev–Trinajstić information content (AvgIpc) is 2.92. The van der Waals surface area contributed by atoms with Gasteiger partial charge in [0.05, 0.1) is 11.9 Å². The van der Waals surface area contributed by atoms with Crippen LogP contribution in [0.2, 0.25) is 0 Å². The fraction of sp³-hybridized carbons (Fsp3) is 0.200. The van der Waals surface area contributed by atoms with Gasteiger partial charge in [0.15, 0.2) is 0 Å². The number of carbonyl (C=O) groups is 1. The SMILES string of the molecule is CCc1ccc(COc2ccc(C=CC(=O)O)nc2)s1.